The van der Waals surface area contributed by atoms with Crippen molar-refractivity contribution >= 4 is 29.9 Å². The third-order valence-corrected chi connectivity index (χ3v) is 3.40. The number of benzene rings is 1. The monoisotopic (exact) mass is 439 g/mol. The summed E-state index contributed by atoms with van der Waals surface area (Å²) in [6.45, 7) is 4.18. The zero-order valence-corrected chi connectivity index (χ0v) is 16.2. The normalized spacial score (nSPS) is 10.6. The Morgan fingerprint density at radius 3 is 2.92 bits per heavy atom. The smallest absolute Gasteiger partial charge is 0.191 e. The molecule has 0 saturated carbocycles. The molecule has 2 aromatic rings. The minimum absolute atomic E-state index is 0. The molecule has 24 heavy (non-hydrogen) atoms. The van der Waals surface area contributed by atoms with E-state index in [1.165, 1.54) is 0 Å². The lowest BCUT2D eigenvalue weighted by Crippen LogP contribution is -2.38. The first kappa shape index (κ1) is 19.9. The summed E-state index contributed by atoms with van der Waals surface area (Å²) < 4.78 is 2.02. The molecule has 2 N–H and O–H groups in total. The molecule has 0 saturated heterocycles. The third kappa shape index (κ3) is 5.81. The van der Waals surface area contributed by atoms with Crippen LogP contribution in [-0.4, -0.2) is 34.3 Å². The first-order chi connectivity index (χ1) is 11.3. The Bertz CT molecular complexity index is 702. The maximum absolute atomic E-state index is 8.92. The van der Waals surface area contributed by atoms with Crippen LogP contribution in [0.15, 0.2) is 35.6 Å². The molecule has 2 rings (SSSR count). The largest absolute Gasteiger partial charge is 0.355 e. The number of nitrogens with one attached hydrogen (secondary N) is 2. The van der Waals surface area contributed by atoms with E-state index in [-0.39, 0.29) is 24.0 Å². The summed E-state index contributed by atoms with van der Waals surface area (Å²) in [4.78, 5) is 4.20. The van der Waals surface area contributed by atoms with Crippen LogP contribution in [0.1, 0.15) is 23.9 Å². The van der Waals surface area contributed by atoms with Crippen LogP contribution >= 0.6 is 24.0 Å². The summed E-state index contributed by atoms with van der Waals surface area (Å²) in [5.41, 5.74) is 1.70. The predicted octanol–water partition coefficient (Wildman–Crippen LogP) is 1.70. The van der Waals surface area contributed by atoms with Gasteiger partial charge in [0.25, 0.3) is 0 Å². The molecular weight excluding hydrogens is 417 g/mol. The molecule has 0 bridgehead atoms. The standard InChI is InChI=1S/C16H21N7.HI/c1-3-15-22-21-12-23(15)8-7-19-16(18-2)20-11-14-6-4-5-13(9-14)10-17;/h4-6,9,12H,3,7-8,11H2,1-2H3,(H2,18,19,20);1H. The Morgan fingerprint density at radius 1 is 1.38 bits per heavy atom. The topological polar surface area (TPSA) is 90.9 Å². The van der Waals surface area contributed by atoms with Gasteiger partial charge in [0.15, 0.2) is 5.96 Å². The van der Waals surface area contributed by atoms with Gasteiger partial charge in [0, 0.05) is 33.1 Å². The van der Waals surface area contributed by atoms with Gasteiger partial charge in [-0.2, -0.15) is 5.26 Å². The molecule has 0 aliphatic heterocycles. The molecule has 1 aromatic heterocycles. The van der Waals surface area contributed by atoms with Crippen LogP contribution < -0.4 is 10.6 Å². The highest BCUT2D eigenvalue weighted by Gasteiger charge is 2.02. The molecule has 0 amide bonds. The minimum atomic E-state index is 0. The highest BCUT2D eigenvalue weighted by Crippen LogP contribution is 2.03. The third-order valence-electron chi connectivity index (χ3n) is 3.40. The second kappa shape index (κ2) is 10.6. The van der Waals surface area contributed by atoms with Gasteiger partial charge in [-0.25, -0.2) is 0 Å². The molecule has 0 radical (unpaired) electrons. The number of nitriles is 1. The molecule has 0 atom stereocenters. The van der Waals surface area contributed by atoms with Gasteiger partial charge in [0.1, 0.15) is 12.2 Å². The first-order valence-corrected chi connectivity index (χ1v) is 7.57. The van der Waals surface area contributed by atoms with Crippen molar-refractivity contribution in [3.63, 3.8) is 0 Å². The van der Waals surface area contributed by atoms with Crippen LogP contribution in [0.3, 0.4) is 0 Å². The lowest BCUT2D eigenvalue weighted by molar-refractivity contribution is 0.632. The molecule has 0 unspecified atom stereocenters. The zero-order chi connectivity index (χ0) is 16.5. The highest BCUT2D eigenvalue weighted by atomic mass is 127. The number of halogens is 1. The molecule has 7 nitrogen and oxygen atoms in total. The predicted molar refractivity (Wildman–Crippen MR) is 104 cm³/mol. The van der Waals surface area contributed by atoms with Crippen molar-refractivity contribution in [2.75, 3.05) is 13.6 Å². The fourth-order valence-electron chi connectivity index (χ4n) is 2.19. The van der Waals surface area contributed by atoms with Gasteiger partial charge in [-0.1, -0.05) is 19.1 Å². The maximum Gasteiger partial charge on any atom is 0.191 e. The van der Waals surface area contributed by atoms with E-state index in [4.69, 9.17) is 5.26 Å². The number of aromatic nitrogens is 3. The summed E-state index contributed by atoms with van der Waals surface area (Å²) in [6.07, 6.45) is 2.60. The van der Waals surface area contributed by atoms with Crippen LogP contribution in [0.25, 0.3) is 0 Å². The number of rotatable bonds is 6. The van der Waals surface area contributed by atoms with E-state index < -0.39 is 0 Å². The number of hydrogen-bond acceptors (Lipinski definition) is 4. The van der Waals surface area contributed by atoms with Gasteiger partial charge in [0.05, 0.1) is 11.6 Å². The van der Waals surface area contributed by atoms with E-state index in [1.807, 2.05) is 22.8 Å². The van der Waals surface area contributed by atoms with Crippen molar-refractivity contribution < 1.29 is 0 Å². The van der Waals surface area contributed by atoms with Crippen molar-refractivity contribution in [2.24, 2.45) is 4.99 Å². The van der Waals surface area contributed by atoms with Gasteiger partial charge in [-0.15, -0.1) is 34.2 Å². The fraction of sp³-hybridized carbons (Fsp3) is 0.375. The van der Waals surface area contributed by atoms with Crippen molar-refractivity contribution in [3.8, 4) is 6.07 Å². The van der Waals surface area contributed by atoms with Gasteiger partial charge in [-0.3, -0.25) is 4.99 Å². The minimum Gasteiger partial charge on any atom is -0.355 e. The Labute approximate surface area is 159 Å². The van der Waals surface area contributed by atoms with Gasteiger partial charge in [0.2, 0.25) is 0 Å². The van der Waals surface area contributed by atoms with Crippen LogP contribution in [0.2, 0.25) is 0 Å². The van der Waals surface area contributed by atoms with Crippen LogP contribution in [-0.2, 0) is 19.5 Å². The Hall–Kier alpha value is -2.15. The van der Waals surface area contributed by atoms with Crippen molar-refractivity contribution in [2.45, 2.75) is 26.4 Å². The van der Waals surface area contributed by atoms with E-state index in [9.17, 15) is 0 Å². The van der Waals surface area contributed by atoms with Gasteiger partial charge in [-0.05, 0) is 17.7 Å². The molecule has 128 valence electrons. The van der Waals surface area contributed by atoms with Crippen molar-refractivity contribution in [3.05, 3.63) is 47.5 Å². The SMILES string of the molecule is CCc1nncn1CCNC(=NC)NCc1cccc(C#N)c1.I. The molecule has 0 aliphatic carbocycles. The number of hydrogen-bond donors (Lipinski definition) is 2. The highest BCUT2D eigenvalue weighted by molar-refractivity contribution is 14.0. The summed E-state index contributed by atoms with van der Waals surface area (Å²) >= 11 is 0. The van der Waals surface area contributed by atoms with Crippen LogP contribution in [0, 0.1) is 11.3 Å². The van der Waals surface area contributed by atoms with E-state index in [2.05, 4.69) is 38.8 Å². The Morgan fingerprint density at radius 2 is 2.21 bits per heavy atom. The molecule has 1 heterocycles. The average Bonchev–Trinajstić information content (AvgIpc) is 3.05. The van der Waals surface area contributed by atoms with Crippen molar-refractivity contribution in [1.29, 1.82) is 5.26 Å². The summed E-state index contributed by atoms with van der Waals surface area (Å²) in [5, 5.41) is 23.4. The number of guanidine groups is 1. The number of nitrogens with zero attached hydrogens (tertiary/aromatic N) is 5. The molecular formula is C16H22IN7. The zero-order valence-electron chi connectivity index (χ0n) is 13.9. The molecule has 8 heteroatoms. The quantitative estimate of drug-likeness (QED) is 0.406. The lowest BCUT2D eigenvalue weighted by atomic mass is 10.1. The van der Waals surface area contributed by atoms with Crippen LogP contribution in [0.5, 0.6) is 0 Å². The van der Waals surface area contributed by atoms with Gasteiger partial charge < -0.3 is 15.2 Å². The molecule has 0 spiro atoms. The second-order valence-corrected chi connectivity index (χ2v) is 4.96. The summed E-state index contributed by atoms with van der Waals surface area (Å²) in [5.74, 6) is 1.70. The number of aryl methyl sites for hydroxylation is 1. The number of aliphatic imine (C=N–C) groups is 1. The average molecular weight is 439 g/mol. The van der Waals surface area contributed by atoms with Crippen LogP contribution in [0.4, 0.5) is 0 Å². The molecule has 1 aromatic carbocycles. The van der Waals surface area contributed by atoms with E-state index >= 15 is 0 Å². The fourth-order valence-corrected chi connectivity index (χ4v) is 2.19. The Balaban J connectivity index is 0.00000288. The van der Waals surface area contributed by atoms with E-state index in [1.54, 1.807) is 19.4 Å². The molecule has 0 fully saturated rings. The summed E-state index contributed by atoms with van der Waals surface area (Å²) in [7, 11) is 1.73. The second-order valence-electron chi connectivity index (χ2n) is 4.96. The maximum atomic E-state index is 8.92. The summed E-state index contributed by atoms with van der Waals surface area (Å²) in [6, 6.07) is 9.66. The molecule has 0 aliphatic rings. The van der Waals surface area contributed by atoms with E-state index in [0.717, 1.165) is 36.9 Å². The Kier molecular flexibility index (Phi) is 8.78. The van der Waals surface area contributed by atoms with Crippen molar-refractivity contribution in [1.82, 2.24) is 25.4 Å². The lowest BCUT2D eigenvalue weighted by Gasteiger charge is -2.12. The van der Waals surface area contributed by atoms with E-state index in [0.29, 0.717) is 12.1 Å². The van der Waals surface area contributed by atoms with Gasteiger partial charge >= 0.3 is 0 Å². The first-order valence-electron chi connectivity index (χ1n) is 7.57.